The summed E-state index contributed by atoms with van der Waals surface area (Å²) in [6.45, 7) is 1.96. The van der Waals surface area contributed by atoms with Gasteiger partial charge in [0, 0.05) is 13.2 Å². The third-order valence-corrected chi connectivity index (χ3v) is 2.06. The van der Waals surface area contributed by atoms with Gasteiger partial charge in [-0.25, -0.2) is 4.79 Å². The molecule has 3 N–H and O–H groups in total. The van der Waals surface area contributed by atoms with Crippen molar-refractivity contribution in [3.05, 3.63) is 0 Å². The van der Waals surface area contributed by atoms with E-state index in [2.05, 4.69) is 5.32 Å². The fraction of sp³-hybridized carbons (Fsp3) is 0.889. The molecule has 0 saturated carbocycles. The summed E-state index contributed by atoms with van der Waals surface area (Å²) in [5, 5.41) is 2.50. The first-order chi connectivity index (χ1) is 6.79. The molecule has 5 nitrogen and oxygen atoms in total. The first-order valence-corrected chi connectivity index (χ1v) is 5.05. The highest BCUT2D eigenvalue weighted by molar-refractivity contribution is 5.71. The zero-order valence-corrected chi connectivity index (χ0v) is 8.33. The molecule has 1 fully saturated rings. The van der Waals surface area contributed by atoms with E-state index in [-0.39, 0.29) is 6.29 Å². The maximum absolute atomic E-state index is 10.3. The van der Waals surface area contributed by atoms with Crippen LogP contribution in [0.2, 0.25) is 0 Å². The van der Waals surface area contributed by atoms with E-state index in [1.54, 1.807) is 0 Å². The molecular weight excluding hydrogens is 184 g/mol. The lowest BCUT2D eigenvalue weighted by Crippen LogP contribution is -2.31. The molecular formula is C9H18N2O3. The van der Waals surface area contributed by atoms with Crippen LogP contribution in [0.5, 0.6) is 0 Å². The normalized spacial score (nSPS) is 21.9. The number of hydrogen-bond acceptors (Lipinski definition) is 3. The molecule has 0 aromatic carbocycles. The van der Waals surface area contributed by atoms with Gasteiger partial charge in [0.05, 0.1) is 6.61 Å². The number of rotatable bonds is 5. The Kier molecular flexibility index (Phi) is 5.32. The number of nitrogens with one attached hydrogen (secondary N) is 1. The van der Waals surface area contributed by atoms with Crippen molar-refractivity contribution in [3.8, 4) is 0 Å². The van der Waals surface area contributed by atoms with E-state index in [0.29, 0.717) is 13.2 Å². The van der Waals surface area contributed by atoms with Gasteiger partial charge in [0.1, 0.15) is 0 Å². The largest absolute Gasteiger partial charge is 0.353 e. The van der Waals surface area contributed by atoms with Gasteiger partial charge >= 0.3 is 6.03 Å². The van der Waals surface area contributed by atoms with Gasteiger partial charge in [-0.15, -0.1) is 0 Å². The zero-order chi connectivity index (χ0) is 10.2. The van der Waals surface area contributed by atoms with Gasteiger partial charge in [0.2, 0.25) is 0 Å². The first-order valence-electron chi connectivity index (χ1n) is 5.05. The lowest BCUT2D eigenvalue weighted by molar-refractivity contribution is -0.162. The Bertz CT molecular complexity index is 169. The molecule has 1 aliphatic rings. The van der Waals surface area contributed by atoms with E-state index in [9.17, 15) is 4.79 Å². The summed E-state index contributed by atoms with van der Waals surface area (Å²) in [4.78, 5) is 10.3. The van der Waals surface area contributed by atoms with Gasteiger partial charge in [0.25, 0.3) is 0 Å². The molecule has 1 saturated heterocycles. The lowest BCUT2D eigenvalue weighted by atomic mass is 10.2. The maximum Gasteiger partial charge on any atom is 0.312 e. The Morgan fingerprint density at radius 1 is 1.57 bits per heavy atom. The molecule has 1 rings (SSSR count). The summed E-state index contributed by atoms with van der Waals surface area (Å²) in [5.41, 5.74) is 4.90. The van der Waals surface area contributed by atoms with Crippen LogP contribution >= 0.6 is 0 Å². The highest BCUT2D eigenvalue weighted by Crippen LogP contribution is 2.13. The molecule has 1 aliphatic heterocycles. The minimum absolute atomic E-state index is 0.0441. The van der Waals surface area contributed by atoms with Crippen molar-refractivity contribution in [1.82, 2.24) is 5.32 Å². The monoisotopic (exact) mass is 202 g/mol. The summed E-state index contributed by atoms with van der Waals surface area (Å²) >= 11 is 0. The van der Waals surface area contributed by atoms with Gasteiger partial charge in [-0.05, 0) is 25.7 Å². The van der Waals surface area contributed by atoms with Crippen molar-refractivity contribution in [2.24, 2.45) is 5.73 Å². The average Bonchev–Trinajstić information content (AvgIpc) is 2.18. The Morgan fingerprint density at radius 3 is 3.07 bits per heavy atom. The molecule has 1 unspecified atom stereocenters. The number of hydrogen-bond donors (Lipinski definition) is 2. The predicted molar refractivity (Wildman–Crippen MR) is 51.7 cm³/mol. The topological polar surface area (TPSA) is 73.6 Å². The van der Waals surface area contributed by atoms with Crippen LogP contribution in [0, 0.1) is 0 Å². The fourth-order valence-corrected chi connectivity index (χ4v) is 1.34. The highest BCUT2D eigenvalue weighted by Gasteiger charge is 2.13. The Hall–Kier alpha value is -0.810. The Labute approximate surface area is 83.9 Å². The maximum atomic E-state index is 10.3. The van der Waals surface area contributed by atoms with Crippen molar-refractivity contribution in [2.75, 3.05) is 19.8 Å². The molecule has 14 heavy (non-hydrogen) atoms. The Morgan fingerprint density at radius 2 is 2.43 bits per heavy atom. The number of amides is 2. The molecule has 1 atom stereocenters. The van der Waals surface area contributed by atoms with E-state index in [0.717, 1.165) is 25.9 Å². The van der Waals surface area contributed by atoms with Crippen LogP contribution in [-0.4, -0.2) is 32.1 Å². The molecule has 0 aromatic heterocycles. The molecule has 2 amide bonds. The van der Waals surface area contributed by atoms with Crippen LogP contribution in [-0.2, 0) is 9.47 Å². The van der Waals surface area contributed by atoms with E-state index >= 15 is 0 Å². The van der Waals surface area contributed by atoms with Gasteiger partial charge in [-0.1, -0.05) is 0 Å². The van der Waals surface area contributed by atoms with Crippen molar-refractivity contribution in [3.63, 3.8) is 0 Å². The van der Waals surface area contributed by atoms with E-state index in [4.69, 9.17) is 15.2 Å². The van der Waals surface area contributed by atoms with Crippen molar-refractivity contribution in [1.29, 1.82) is 0 Å². The van der Waals surface area contributed by atoms with Gasteiger partial charge < -0.3 is 20.5 Å². The van der Waals surface area contributed by atoms with E-state index < -0.39 is 6.03 Å². The fourth-order valence-electron chi connectivity index (χ4n) is 1.34. The molecule has 0 aliphatic carbocycles. The predicted octanol–water partition coefficient (Wildman–Crippen LogP) is 0.588. The lowest BCUT2D eigenvalue weighted by Gasteiger charge is -2.22. The standard InChI is InChI=1S/C9H18N2O3/c10-9(12)11-5-3-7-14-8-4-1-2-6-13-8/h8H,1-7H2,(H3,10,11,12). The number of ether oxygens (including phenoxy) is 2. The smallest absolute Gasteiger partial charge is 0.312 e. The van der Waals surface area contributed by atoms with E-state index in [1.165, 1.54) is 6.42 Å². The minimum Gasteiger partial charge on any atom is -0.353 e. The van der Waals surface area contributed by atoms with Crippen molar-refractivity contribution in [2.45, 2.75) is 32.0 Å². The SMILES string of the molecule is NC(=O)NCCCOC1CCCCO1. The van der Waals surface area contributed by atoms with E-state index in [1.807, 2.05) is 0 Å². The van der Waals surface area contributed by atoms with Crippen molar-refractivity contribution < 1.29 is 14.3 Å². The molecule has 1 heterocycles. The molecule has 82 valence electrons. The number of carbonyl (C=O) groups is 1. The molecule has 0 bridgehead atoms. The van der Waals surface area contributed by atoms with Crippen LogP contribution in [0.4, 0.5) is 4.79 Å². The van der Waals surface area contributed by atoms with Crippen LogP contribution in [0.1, 0.15) is 25.7 Å². The average molecular weight is 202 g/mol. The first kappa shape index (κ1) is 11.3. The third kappa shape index (κ3) is 5.04. The second kappa shape index (κ2) is 6.62. The number of nitrogens with two attached hydrogens (primary N) is 1. The summed E-state index contributed by atoms with van der Waals surface area (Å²) in [6.07, 6.45) is 4.00. The molecule has 0 aromatic rings. The van der Waals surface area contributed by atoms with Gasteiger partial charge in [0.15, 0.2) is 6.29 Å². The number of carbonyl (C=O) groups excluding carboxylic acids is 1. The number of primary amides is 1. The minimum atomic E-state index is -0.487. The van der Waals surface area contributed by atoms with Gasteiger partial charge in [-0.3, -0.25) is 0 Å². The second-order valence-corrected chi connectivity index (χ2v) is 3.31. The van der Waals surface area contributed by atoms with Crippen molar-refractivity contribution >= 4 is 6.03 Å². The highest BCUT2D eigenvalue weighted by atomic mass is 16.7. The quantitative estimate of drug-likeness (QED) is 0.641. The Balaban J connectivity index is 1.90. The summed E-state index contributed by atoms with van der Waals surface area (Å²) in [5.74, 6) is 0. The molecule has 5 heteroatoms. The van der Waals surface area contributed by atoms with Crippen LogP contribution in [0.3, 0.4) is 0 Å². The summed E-state index contributed by atoms with van der Waals surface area (Å²) in [6, 6.07) is -0.487. The third-order valence-electron chi connectivity index (χ3n) is 2.06. The summed E-state index contributed by atoms with van der Waals surface area (Å²) in [7, 11) is 0. The van der Waals surface area contributed by atoms with Gasteiger partial charge in [-0.2, -0.15) is 0 Å². The van der Waals surface area contributed by atoms with Crippen LogP contribution < -0.4 is 11.1 Å². The van der Waals surface area contributed by atoms with Crippen LogP contribution in [0.25, 0.3) is 0 Å². The number of urea groups is 1. The second-order valence-electron chi connectivity index (χ2n) is 3.31. The zero-order valence-electron chi connectivity index (χ0n) is 8.33. The molecule has 0 radical (unpaired) electrons. The van der Waals surface area contributed by atoms with Crippen LogP contribution in [0.15, 0.2) is 0 Å². The molecule has 0 spiro atoms. The summed E-state index contributed by atoms with van der Waals surface area (Å²) < 4.78 is 10.8.